The van der Waals surface area contributed by atoms with Crippen LogP contribution in [0.25, 0.3) is 0 Å². The zero-order valence-corrected chi connectivity index (χ0v) is 11.4. The molecule has 2 atom stereocenters. The van der Waals surface area contributed by atoms with Crippen LogP contribution in [-0.4, -0.2) is 28.3 Å². The smallest absolute Gasteiger partial charge is 0.137 e. The molecule has 1 aliphatic carbocycles. The van der Waals surface area contributed by atoms with Crippen molar-refractivity contribution in [2.24, 2.45) is 5.92 Å². The standard InChI is InChI=1S/C16H22N2O/c19-16-8-3-6-14(16)15-7-1-2-10-18(15)12-13-5-4-9-17-11-13/h4-5,9,11,14-15H,1-3,6-8,10,12H2. The van der Waals surface area contributed by atoms with E-state index in [9.17, 15) is 4.79 Å². The number of carbonyl (C=O) groups is 1. The largest absolute Gasteiger partial charge is 0.299 e. The van der Waals surface area contributed by atoms with E-state index < -0.39 is 0 Å². The van der Waals surface area contributed by atoms with Gasteiger partial charge in [0.15, 0.2) is 0 Å². The third-order valence-electron chi connectivity index (χ3n) is 4.59. The second-order valence-electron chi connectivity index (χ2n) is 5.86. The van der Waals surface area contributed by atoms with Gasteiger partial charge < -0.3 is 0 Å². The van der Waals surface area contributed by atoms with Gasteiger partial charge in [0.25, 0.3) is 0 Å². The minimum Gasteiger partial charge on any atom is -0.299 e. The Balaban J connectivity index is 1.72. The molecular formula is C16H22N2O. The van der Waals surface area contributed by atoms with Crippen LogP contribution in [0, 0.1) is 5.92 Å². The summed E-state index contributed by atoms with van der Waals surface area (Å²) in [4.78, 5) is 18.7. The summed E-state index contributed by atoms with van der Waals surface area (Å²) in [5, 5.41) is 0. The Morgan fingerprint density at radius 2 is 2.21 bits per heavy atom. The van der Waals surface area contributed by atoms with Crippen molar-refractivity contribution in [1.82, 2.24) is 9.88 Å². The van der Waals surface area contributed by atoms with Crippen molar-refractivity contribution in [2.45, 2.75) is 51.1 Å². The summed E-state index contributed by atoms with van der Waals surface area (Å²) in [5.41, 5.74) is 1.26. The van der Waals surface area contributed by atoms with Crippen molar-refractivity contribution in [3.05, 3.63) is 30.1 Å². The summed E-state index contributed by atoms with van der Waals surface area (Å²) in [6, 6.07) is 4.60. The van der Waals surface area contributed by atoms with Gasteiger partial charge in [-0.05, 0) is 43.9 Å². The molecule has 0 bridgehead atoms. The zero-order valence-electron chi connectivity index (χ0n) is 11.4. The molecular weight excluding hydrogens is 236 g/mol. The molecule has 1 saturated heterocycles. The van der Waals surface area contributed by atoms with Crippen molar-refractivity contribution in [2.75, 3.05) is 6.54 Å². The predicted molar refractivity (Wildman–Crippen MR) is 74.6 cm³/mol. The van der Waals surface area contributed by atoms with Crippen molar-refractivity contribution < 1.29 is 4.79 Å². The Labute approximate surface area is 115 Å². The summed E-state index contributed by atoms with van der Waals surface area (Å²) >= 11 is 0. The summed E-state index contributed by atoms with van der Waals surface area (Å²) in [7, 11) is 0. The highest BCUT2D eigenvalue weighted by molar-refractivity contribution is 5.83. The second kappa shape index (κ2) is 5.83. The Morgan fingerprint density at radius 1 is 1.26 bits per heavy atom. The fourth-order valence-corrected chi connectivity index (χ4v) is 3.64. The van der Waals surface area contributed by atoms with E-state index in [1.165, 1.54) is 24.8 Å². The number of aromatic nitrogens is 1. The fourth-order valence-electron chi connectivity index (χ4n) is 3.64. The summed E-state index contributed by atoms with van der Waals surface area (Å²) in [5.74, 6) is 0.806. The SMILES string of the molecule is O=C1CCCC1C1CCCCN1Cc1cccnc1. The van der Waals surface area contributed by atoms with Crippen LogP contribution in [0.4, 0.5) is 0 Å². The van der Waals surface area contributed by atoms with Crippen LogP contribution in [0.15, 0.2) is 24.5 Å². The number of nitrogens with zero attached hydrogens (tertiary/aromatic N) is 2. The van der Waals surface area contributed by atoms with Gasteiger partial charge >= 0.3 is 0 Å². The number of hydrogen-bond donors (Lipinski definition) is 0. The normalized spacial score (nSPS) is 28.7. The van der Waals surface area contributed by atoms with E-state index in [2.05, 4.69) is 16.0 Å². The maximum atomic E-state index is 12.0. The lowest BCUT2D eigenvalue weighted by Crippen LogP contribution is -2.44. The summed E-state index contributed by atoms with van der Waals surface area (Å²) in [6.45, 7) is 2.08. The van der Waals surface area contributed by atoms with E-state index in [1.54, 1.807) is 0 Å². The number of hydrogen-bond acceptors (Lipinski definition) is 3. The molecule has 3 rings (SSSR count). The highest BCUT2D eigenvalue weighted by Crippen LogP contribution is 2.33. The van der Waals surface area contributed by atoms with E-state index in [0.29, 0.717) is 17.7 Å². The minimum absolute atomic E-state index is 0.303. The number of carbonyl (C=O) groups excluding carboxylic acids is 1. The lowest BCUT2D eigenvalue weighted by Gasteiger charge is -2.38. The number of likely N-dealkylation sites (tertiary alicyclic amines) is 1. The molecule has 0 amide bonds. The topological polar surface area (TPSA) is 33.2 Å². The number of rotatable bonds is 3. The molecule has 3 nitrogen and oxygen atoms in total. The molecule has 3 heteroatoms. The molecule has 1 aliphatic heterocycles. The number of Topliss-reactive ketones (excluding diaryl/α,β-unsaturated/α-hetero) is 1. The van der Waals surface area contributed by atoms with Crippen molar-refractivity contribution in [1.29, 1.82) is 0 Å². The molecule has 0 spiro atoms. The van der Waals surface area contributed by atoms with E-state index >= 15 is 0 Å². The van der Waals surface area contributed by atoms with Gasteiger partial charge in [0.2, 0.25) is 0 Å². The van der Waals surface area contributed by atoms with Gasteiger partial charge in [0.1, 0.15) is 5.78 Å². The lowest BCUT2D eigenvalue weighted by atomic mass is 9.88. The van der Waals surface area contributed by atoms with E-state index in [-0.39, 0.29) is 0 Å². The van der Waals surface area contributed by atoms with Gasteiger partial charge in [0, 0.05) is 37.3 Å². The number of pyridine rings is 1. The molecule has 2 unspecified atom stereocenters. The molecule has 1 aromatic rings. The predicted octanol–water partition coefficient (Wildman–Crippen LogP) is 2.81. The molecule has 0 aromatic carbocycles. The van der Waals surface area contributed by atoms with Crippen molar-refractivity contribution in [3.63, 3.8) is 0 Å². The summed E-state index contributed by atoms with van der Waals surface area (Å²) in [6.07, 6.45) is 10.5. The first-order valence-corrected chi connectivity index (χ1v) is 7.50. The second-order valence-corrected chi connectivity index (χ2v) is 5.86. The molecule has 19 heavy (non-hydrogen) atoms. The van der Waals surface area contributed by atoms with Gasteiger partial charge in [-0.15, -0.1) is 0 Å². The van der Waals surface area contributed by atoms with Crippen LogP contribution in [-0.2, 0) is 11.3 Å². The van der Waals surface area contributed by atoms with Crippen molar-refractivity contribution in [3.8, 4) is 0 Å². The Morgan fingerprint density at radius 3 is 2.95 bits per heavy atom. The van der Waals surface area contributed by atoms with Crippen LogP contribution in [0.1, 0.15) is 44.1 Å². The monoisotopic (exact) mass is 258 g/mol. The minimum atomic E-state index is 0.303. The first kappa shape index (κ1) is 12.8. The Hall–Kier alpha value is -1.22. The third-order valence-corrected chi connectivity index (χ3v) is 4.59. The summed E-state index contributed by atoms with van der Waals surface area (Å²) < 4.78 is 0. The zero-order chi connectivity index (χ0) is 13.1. The molecule has 1 saturated carbocycles. The number of piperidine rings is 1. The highest BCUT2D eigenvalue weighted by Gasteiger charge is 2.36. The highest BCUT2D eigenvalue weighted by atomic mass is 16.1. The van der Waals surface area contributed by atoms with Crippen LogP contribution in [0.3, 0.4) is 0 Å². The molecule has 2 aliphatic rings. The van der Waals surface area contributed by atoms with Crippen LogP contribution in [0.5, 0.6) is 0 Å². The average Bonchev–Trinajstić information content (AvgIpc) is 2.87. The van der Waals surface area contributed by atoms with E-state index in [4.69, 9.17) is 0 Å². The van der Waals surface area contributed by atoms with Gasteiger partial charge in [-0.1, -0.05) is 12.5 Å². The van der Waals surface area contributed by atoms with Crippen molar-refractivity contribution >= 4 is 5.78 Å². The van der Waals surface area contributed by atoms with Crippen LogP contribution in [0.2, 0.25) is 0 Å². The quantitative estimate of drug-likeness (QED) is 0.836. The lowest BCUT2D eigenvalue weighted by molar-refractivity contribution is -0.123. The fraction of sp³-hybridized carbons (Fsp3) is 0.625. The van der Waals surface area contributed by atoms with Crippen LogP contribution < -0.4 is 0 Å². The Bertz CT molecular complexity index is 432. The first-order chi connectivity index (χ1) is 9.34. The molecule has 2 fully saturated rings. The van der Waals surface area contributed by atoms with Gasteiger partial charge in [0.05, 0.1) is 0 Å². The molecule has 0 radical (unpaired) electrons. The van der Waals surface area contributed by atoms with E-state index in [1.807, 2.05) is 18.5 Å². The maximum absolute atomic E-state index is 12.0. The Kier molecular flexibility index (Phi) is 3.92. The van der Waals surface area contributed by atoms with Gasteiger partial charge in [-0.2, -0.15) is 0 Å². The van der Waals surface area contributed by atoms with Crippen LogP contribution >= 0.6 is 0 Å². The first-order valence-electron chi connectivity index (χ1n) is 7.50. The average molecular weight is 258 g/mol. The molecule has 1 aromatic heterocycles. The molecule has 0 N–H and O–H groups in total. The third kappa shape index (κ3) is 2.86. The number of ketones is 1. The van der Waals surface area contributed by atoms with Gasteiger partial charge in [-0.3, -0.25) is 14.7 Å². The molecule has 2 heterocycles. The maximum Gasteiger partial charge on any atom is 0.137 e. The van der Waals surface area contributed by atoms with E-state index in [0.717, 1.165) is 32.4 Å². The van der Waals surface area contributed by atoms with Gasteiger partial charge in [-0.25, -0.2) is 0 Å². The molecule has 102 valence electrons.